The number of hydrogen-bond acceptors (Lipinski definition) is 3. The molecular weight excluding hydrogens is 383 g/mol. The highest BCUT2D eigenvalue weighted by atomic mass is 35.5. The zero-order chi connectivity index (χ0) is 19.1. The van der Waals surface area contributed by atoms with Gasteiger partial charge < -0.3 is 10.2 Å². The van der Waals surface area contributed by atoms with Gasteiger partial charge in [0.2, 0.25) is 0 Å². The summed E-state index contributed by atoms with van der Waals surface area (Å²) in [5.41, 5.74) is 2.45. The summed E-state index contributed by atoms with van der Waals surface area (Å²) in [5.74, 6) is 1.58. The summed E-state index contributed by atoms with van der Waals surface area (Å²) < 4.78 is 1.84. The van der Waals surface area contributed by atoms with Crippen LogP contribution in [0.25, 0.3) is 0 Å². The van der Waals surface area contributed by atoms with Crippen LogP contribution in [0.5, 0.6) is 0 Å². The lowest BCUT2D eigenvalue weighted by Gasteiger charge is -2.35. The topological polar surface area (TPSA) is 50.2 Å². The van der Waals surface area contributed by atoms with Crippen LogP contribution in [0.1, 0.15) is 38.3 Å². The summed E-state index contributed by atoms with van der Waals surface area (Å²) in [6.07, 6.45) is 3.81. The van der Waals surface area contributed by atoms with Crippen molar-refractivity contribution in [3.8, 4) is 0 Å². The van der Waals surface area contributed by atoms with Crippen molar-refractivity contribution in [1.82, 2.24) is 14.7 Å². The highest BCUT2D eigenvalue weighted by molar-refractivity contribution is 6.42. The van der Waals surface area contributed by atoms with Gasteiger partial charge in [-0.3, -0.25) is 4.79 Å². The molecule has 0 saturated carbocycles. The standard InChI is InChI=1S/C20H22Cl2N4O/c1-12-6-9-25(10-7-12)20(27)18-13(2)24-17-5-8-23-26(17)19(18)14-3-4-15(21)16(22)11-14/h3-5,8,11-12,19,24H,6-7,9-10H2,1-2H3. The molecule has 0 radical (unpaired) electrons. The monoisotopic (exact) mass is 404 g/mol. The predicted octanol–water partition coefficient (Wildman–Crippen LogP) is 4.74. The number of likely N-dealkylation sites (tertiary alicyclic amines) is 1. The van der Waals surface area contributed by atoms with Gasteiger partial charge in [0.05, 0.1) is 21.8 Å². The Kier molecular flexibility index (Phi) is 4.91. The minimum atomic E-state index is -0.335. The minimum absolute atomic E-state index is 0.0594. The molecule has 2 aromatic rings. The SMILES string of the molecule is CC1=C(C(=O)N2CCC(C)CC2)C(c2ccc(Cl)c(Cl)c2)n2nccc2N1. The molecule has 1 saturated heterocycles. The van der Waals surface area contributed by atoms with Crippen molar-refractivity contribution in [3.63, 3.8) is 0 Å². The van der Waals surface area contributed by atoms with Crippen LogP contribution in [-0.2, 0) is 4.79 Å². The Hall–Kier alpha value is -1.98. The van der Waals surface area contributed by atoms with Crippen molar-refractivity contribution in [2.75, 3.05) is 18.4 Å². The molecule has 2 aliphatic rings. The number of rotatable bonds is 2. The summed E-state index contributed by atoms with van der Waals surface area (Å²) >= 11 is 12.4. The van der Waals surface area contributed by atoms with Crippen LogP contribution in [-0.4, -0.2) is 33.7 Å². The van der Waals surface area contributed by atoms with Gasteiger partial charge in [-0.05, 0) is 43.4 Å². The van der Waals surface area contributed by atoms with Gasteiger partial charge in [-0.2, -0.15) is 5.10 Å². The number of nitrogens with zero attached hydrogens (tertiary/aromatic N) is 3. The average molecular weight is 405 g/mol. The Morgan fingerprint density at radius 3 is 2.63 bits per heavy atom. The number of allylic oxidation sites excluding steroid dienone is 1. The van der Waals surface area contributed by atoms with Gasteiger partial charge in [-0.15, -0.1) is 0 Å². The quantitative estimate of drug-likeness (QED) is 0.786. The van der Waals surface area contributed by atoms with Crippen LogP contribution in [0.15, 0.2) is 41.7 Å². The van der Waals surface area contributed by atoms with E-state index in [1.54, 1.807) is 12.3 Å². The first-order chi connectivity index (χ1) is 13.0. The van der Waals surface area contributed by atoms with Gasteiger partial charge in [-0.1, -0.05) is 36.2 Å². The van der Waals surface area contributed by atoms with Crippen LogP contribution in [0.2, 0.25) is 10.0 Å². The Labute approximate surface area is 168 Å². The Morgan fingerprint density at radius 2 is 1.93 bits per heavy atom. The number of benzene rings is 1. The first-order valence-corrected chi connectivity index (χ1v) is 9.97. The fourth-order valence-electron chi connectivity index (χ4n) is 3.86. The van der Waals surface area contributed by atoms with E-state index in [0.717, 1.165) is 43.0 Å². The van der Waals surface area contributed by atoms with E-state index in [-0.39, 0.29) is 11.9 Å². The largest absolute Gasteiger partial charge is 0.344 e. The van der Waals surface area contributed by atoms with E-state index in [1.807, 2.05) is 34.7 Å². The Balaban J connectivity index is 1.77. The summed E-state index contributed by atoms with van der Waals surface area (Å²) in [5, 5.41) is 8.75. The van der Waals surface area contributed by atoms with Gasteiger partial charge in [0.15, 0.2) is 0 Å². The predicted molar refractivity (Wildman–Crippen MR) is 108 cm³/mol. The molecule has 2 aliphatic heterocycles. The second-order valence-electron chi connectivity index (χ2n) is 7.38. The number of amides is 1. The molecule has 5 nitrogen and oxygen atoms in total. The molecule has 1 amide bonds. The second kappa shape index (κ2) is 7.21. The number of carbonyl (C=O) groups excluding carboxylic acids is 1. The number of piperidine rings is 1. The summed E-state index contributed by atoms with van der Waals surface area (Å²) in [6.45, 7) is 5.76. The van der Waals surface area contributed by atoms with E-state index in [0.29, 0.717) is 21.5 Å². The maximum absolute atomic E-state index is 13.5. The van der Waals surface area contributed by atoms with Gasteiger partial charge in [0, 0.05) is 24.9 Å². The third-order valence-corrected chi connectivity index (χ3v) is 6.21. The van der Waals surface area contributed by atoms with Gasteiger partial charge in [-0.25, -0.2) is 4.68 Å². The maximum Gasteiger partial charge on any atom is 0.254 e. The lowest BCUT2D eigenvalue weighted by Crippen LogP contribution is -2.42. The lowest BCUT2D eigenvalue weighted by atomic mass is 9.92. The van der Waals surface area contributed by atoms with Crippen molar-refractivity contribution in [1.29, 1.82) is 0 Å². The van der Waals surface area contributed by atoms with E-state index < -0.39 is 0 Å². The zero-order valence-electron chi connectivity index (χ0n) is 15.4. The molecule has 1 fully saturated rings. The number of nitrogens with one attached hydrogen (secondary N) is 1. The van der Waals surface area contributed by atoms with Crippen molar-refractivity contribution in [2.45, 2.75) is 32.7 Å². The number of halogens is 2. The van der Waals surface area contributed by atoms with Crippen molar-refractivity contribution >= 4 is 34.9 Å². The molecule has 4 rings (SSSR count). The molecule has 7 heteroatoms. The van der Waals surface area contributed by atoms with Gasteiger partial charge in [0.1, 0.15) is 11.9 Å². The molecule has 27 heavy (non-hydrogen) atoms. The smallest absolute Gasteiger partial charge is 0.254 e. The zero-order valence-corrected chi connectivity index (χ0v) is 16.9. The first-order valence-electron chi connectivity index (χ1n) is 9.21. The van der Waals surface area contributed by atoms with Crippen LogP contribution in [0, 0.1) is 5.92 Å². The number of hydrogen-bond donors (Lipinski definition) is 1. The molecular formula is C20H22Cl2N4O. The fraction of sp³-hybridized carbons (Fsp3) is 0.400. The molecule has 1 N–H and O–H groups in total. The average Bonchev–Trinajstić information content (AvgIpc) is 3.11. The summed E-state index contributed by atoms with van der Waals surface area (Å²) in [4.78, 5) is 15.4. The second-order valence-corrected chi connectivity index (χ2v) is 8.19. The fourth-order valence-corrected chi connectivity index (χ4v) is 4.16. The van der Waals surface area contributed by atoms with Crippen LogP contribution in [0.3, 0.4) is 0 Å². The third kappa shape index (κ3) is 3.34. The molecule has 1 aromatic heterocycles. The molecule has 0 aliphatic carbocycles. The van der Waals surface area contributed by atoms with Crippen LogP contribution < -0.4 is 5.32 Å². The normalized spacial score (nSPS) is 20.4. The van der Waals surface area contributed by atoms with Gasteiger partial charge in [0.25, 0.3) is 5.91 Å². The molecule has 142 valence electrons. The van der Waals surface area contributed by atoms with E-state index in [2.05, 4.69) is 17.3 Å². The van der Waals surface area contributed by atoms with Crippen LogP contribution >= 0.6 is 23.2 Å². The lowest BCUT2D eigenvalue weighted by molar-refractivity contribution is -0.128. The molecule has 0 spiro atoms. The third-order valence-electron chi connectivity index (χ3n) is 5.47. The van der Waals surface area contributed by atoms with E-state index in [9.17, 15) is 4.79 Å². The summed E-state index contributed by atoms with van der Waals surface area (Å²) in [7, 11) is 0. The van der Waals surface area contributed by atoms with E-state index in [1.165, 1.54) is 0 Å². The molecule has 1 atom stereocenters. The van der Waals surface area contributed by atoms with Crippen molar-refractivity contribution in [3.05, 3.63) is 57.3 Å². The van der Waals surface area contributed by atoms with E-state index in [4.69, 9.17) is 23.2 Å². The minimum Gasteiger partial charge on any atom is -0.344 e. The number of carbonyl (C=O) groups is 1. The van der Waals surface area contributed by atoms with Crippen molar-refractivity contribution < 1.29 is 4.79 Å². The van der Waals surface area contributed by atoms with Crippen LogP contribution in [0.4, 0.5) is 5.82 Å². The molecule has 3 heterocycles. The molecule has 1 aromatic carbocycles. The Bertz CT molecular complexity index is 912. The number of fused-ring (bicyclic) bond motifs is 1. The number of aromatic nitrogens is 2. The van der Waals surface area contributed by atoms with Crippen molar-refractivity contribution in [2.24, 2.45) is 5.92 Å². The summed E-state index contributed by atoms with van der Waals surface area (Å²) in [6, 6.07) is 7.07. The van der Waals surface area contributed by atoms with Gasteiger partial charge >= 0.3 is 0 Å². The highest BCUT2D eigenvalue weighted by Gasteiger charge is 2.35. The van der Waals surface area contributed by atoms with E-state index >= 15 is 0 Å². The molecule has 0 bridgehead atoms. The molecule has 1 unspecified atom stereocenters. The highest BCUT2D eigenvalue weighted by Crippen LogP contribution is 2.38. The number of anilines is 1. The maximum atomic E-state index is 13.5. The first kappa shape index (κ1) is 18.4. The Morgan fingerprint density at radius 1 is 1.19 bits per heavy atom.